The molecule has 4 nitrogen and oxygen atoms in total. The first-order chi connectivity index (χ1) is 18.3. The van der Waals surface area contributed by atoms with Gasteiger partial charge in [-0.3, -0.25) is 0 Å². The van der Waals surface area contributed by atoms with E-state index in [1.807, 2.05) is 42.5 Å². The molecule has 0 unspecified atom stereocenters. The number of hydrogen-bond acceptors (Lipinski definition) is 2. The van der Waals surface area contributed by atoms with Crippen molar-refractivity contribution in [1.29, 1.82) is 0 Å². The van der Waals surface area contributed by atoms with Gasteiger partial charge in [-0.25, -0.2) is 9.98 Å². The highest BCUT2D eigenvalue weighted by Crippen LogP contribution is 2.36. The first kappa shape index (κ1) is 21.3. The van der Waals surface area contributed by atoms with Crippen LogP contribution < -0.4 is 0 Å². The van der Waals surface area contributed by atoms with Crippen LogP contribution in [-0.2, 0) is 6.67 Å². The third-order valence-electron chi connectivity index (χ3n) is 7.03. The highest BCUT2D eigenvalue weighted by atomic mass is 16.3. The van der Waals surface area contributed by atoms with Crippen molar-refractivity contribution in [3.05, 3.63) is 121 Å². The third kappa shape index (κ3) is 3.54. The summed E-state index contributed by atoms with van der Waals surface area (Å²) >= 11 is 0. The Balaban J connectivity index is 1.36. The van der Waals surface area contributed by atoms with E-state index in [4.69, 9.17) is 9.41 Å². The molecule has 0 aliphatic carbocycles. The molecular formula is C33H23N3O. The van der Waals surface area contributed by atoms with Gasteiger partial charge in [0.05, 0.1) is 11.0 Å². The Kier molecular flexibility index (Phi) is 4.96. The molecule has 7 aromatic rings. The summed E-state index contributed by atoms with van der Waals surface area (Å²) in [6.07, 6.45) is 0. The lowest BCUT2D eigenvalue weighted by Gasteiger charge is -2.07. The fraction of sp³-hybridized carbons (Fsp3) is 0.0303. The molecule has 0 bridgehead atoms. The van der Waals surface area contributed by atoms with E-state index in [2.05, 4.69) is 89.1 Å². The lowest BCUT2D eigenvalue weighted by atomic mass is 10.0. The number of aromatic nitrogens is 1. The largest absolute Gasteiger partial charge is 0.456 e. The molecule has 176 valence electrons. The third-order valence-corrected chi connectivity index (χ3v) is 7.03. The van der Waals surface area contributed by atoms with Crippen LogP contribution in [0.15, 0.2) is 130 Å². The van der Waals surface area contributed by atoms with Crippen molar-refractivity contribution in [2.45, 2.75) is 6.67 Å². The molecule has 37 heavy (non-hydrogen) atoms. The van der Waals surface area contributed by atoms with Crippen LogP contribution >= 0.6 is 0 Å². The van der Waals surface area contributed by atoms with E-state index in [0.29, 0.717) is 12.5 Å². The second kappa shape index (κ2) is 8.61. The van der Waals surface area contributed by atoms with Gasteiger partial charge in [0.25, 0.3) is 0 Å². The van der Waals surface area contributed by atoms with Crippen LogP contribution in [0.2, 0.25) is 0 Å². The van der Waals surface area contributed by atoms with Gasteiger partial charge in [-0.05, 0) is 54.2 Å². The molecule has 2 aromatic heterocycles. The topological polar surface area (TPSA) is 42.8 Å². The van der Waals surface area contributed by atoms with Crippen LogP contribution in [0, 0.1) is 0 Å². The molecule has 7 rings (SSSR count). The van der Waals surface area contributed by atoms with Gasteiger partial charge in [-0.1, -0.05) is 78.9 Å². The average Bonchev–Trinajstić information content (AvgIpc) is 3.49. The van der Waals surface area contributed by atoms with Gasteiger partial charge in [0.15, 0.2) is 5.84 Å². The molecule has 0 saturated carbocycles. The first-order valence-corrected chi connectivity index (χ1v) is 12.3. The summed E-state index contributed by atoms with van der Waals surface area (Å²) in [5.74, 6) is 0.642. The van der Waals surface area contributed by atoms with Crippen molar-refractivity contribution in [3.8, 4) is 11.1 Å². The number of fused-ring (bicyclic) bond motifs is 6. The smallest absolute Gasteiger partial charge is 0.155 e. The van der Waals surface area contributed by atoms with Gasteiger partial charge in [0, 0.05) is 27.1 Å². The highest BCUT2D eigenvalue weighted by molar-refractivity contribution is 6.10. The molecule has 0 aliphatic heterocycles. The lowest BCUT2D eigenvalue weighted by molar-refractivity contribution is 0.669. The molecule has 0 fully saturated rings. The highest BCUT2D eigenvalue weighted by Gasteiger charge is 2.13. The molecule has 0 atom stereocenters. The number of furan rings is 1. The van der Waals surface area contributed by atoms with Crippen molar-refractivity contribution in [1.82, 2.24) is 4.57 Å². The Labute approximate surface area is 213 Å². The average molecular weight is 478 g/mol. The number of nitrogens with zero attached hydrogens (tertiary/aromatic N) is 3. The standard InChI is InChI=1S/C33H23N3O/c1-34-33(22-9-3-2-4-10-22)35-21-36-29-13-7-5-11-25(29)27-19-23(15-17-30(27)36)24-16-18-32-28(20-24)26-12-6-8-14-31(26)37-32/h2-20H,1,21H2/b35-33-. The second-order valence-electron chi connectivity index (χ2n) is 9.13. The van der Waals surface area contributed by atoms with E-state index in [9.17, 15) is 0 Å². The minimum absolute atomic E-state index is 0.458. The minimum atomic E-state index is 0.458. The maximum Gasteiger partial charge on any atom is 0.155 e. The Bertz CT molecular complexity index is 1980. The Morgan fingerprint density at radius 1 is 0.622 bits per heavy atom. The monoisotopic (exact) mass is 477 g/mol. The molecule has 0 amide bonds. The minimum Gasteiger partial charge on any atom is -0.456 e. The normalized spacial score (nSPS) is 12.2. The summed E-state index contributed by atoms with van der Waals surface area (Å²) in [6, 6.07) is 39.8. The quantitative estimate of drug-likeness (QED) is 0.185. The number of aliphatic imine (C=N–C) groups is 2. The summed E-state index contributed by atoms with van der Waals surface area (Å²) in [4.78, 5) is 9.03. The van der Waals surface area contributed by atoms with E-state index >= 15 is 0 Å². The molecule has 0 aliphatic rings. The predicted molar refractivity (Wildman–Crippen MR) is 155 cm³/mol. The maximum absolute atomic E-state index is 6.03. The first-order valence-electron chi connectivity index (χ1n) is 12.3. The molecule has 4 heteroatoms. The number of para-hydroxylation sites is 2. The molecule has 0 N–H and O–H groups in total. The van der Waals surface area contributed by atoms with Crippen LogP contribution in [0.3, 0.4) is 0 Å². The van der Waals surface area contributed by atoms with E-state index in [1.165, 1.54) is 16.3 Å². The van der Waals surface area contributed by atoms with Crippen molar-refractivity contribution in [2.24, 2.45) is 9.98 Å². The van der Waals surface area contributed by atoms with Gasteiger partial charge in [-0.2, -0.15) is 0 Å². The Morgan fingerprint density at radius 3 is 2.11 bits per heavy atom. The summed E-state index contributed by atoms with van der Waals surface area (Å²) < 4.78 is 8.28. The van der Waals surface area contributed by atoms with Crippen molar-refractivity contribution < 1.29 is 4.42 Å². The molecule has 5 aromatic carbocycles. The van der Waals surface area contributed by atoms with Crippen LogP contribution in [0.4, 0.5) is 0 Å². The van der Waals surface area contributed by atoms with Gasteiger partial charge in [0.2, 0.25) is 0 Å². The van der Waals surface area contributed by atoms with E-state index in [1.54, 1.807) is 0 Å². The van der Waals surface area contributed by atoms with Crippen LogP contribution in [0.1, 0.15) is 5.56 Å². The predicted octanol–water partition coefficient (Wildman–Crippen LogP) is 8.47. The van der Waals surface area contributed by atoms with E-state index in [0.717, 1.165) is 44.1 Å². The fourth-order valence-corrected chi connectivity index (χ4v) is 5.25. The van der Waals surface area contributed by atoms with Crippen LogP contribution in [0.25, 0.3) is 54.9 Å². The van der Waals surface area contributed by atoms with Crippen molar-refractivity contribution >= 4 is 56.3 Å². The SMILES string of the molecule is C=N/C(=N\Cn1c2ccccc2c2cc(-c3ccc4oc5ccccc5c4c3)ccc21)c1ccccc1. The van der Waals surface area contributed by atoms with Gasteiger partial charge in [-0.15, -0.1) is 0 Å². The summed E-state index contributed by atoms with van der Waals surface area (Å²) in [6.45, 7) is 4.20. The summed E-state index contributed by atoms with van der Waals surface area (Å²) in [5.41, 5.74) is 7.40. The Hall–Kier alpha value is -4.96. The van der Waals surface area contributed by atoms with Crippen LogP contribution in [0.5, 0.6) is 0 Å². The van der Waals surface area contributed by atoms with Gasteiger partial charge < -0.3 is 8.98 Å². The van der Waals surface area contributed by atoms with Gasteiger partial charge >= 0.3 is 0 Å². The molecule has 0 saturated heterocycles. The van der Waals surface area contributed by atoms with E-state index < -0.39 is 0 Å². The van der Waals surface area contributed by atoms with E-state index in [-0.39, 0.29) is 0 Å². The fourth-order valence-electron chi connectivity index (χ4n) is 5.25. The van der Waals surface area contributed by atoms with Crippen molar-refractivity contribution in [3.63, 3.8) is 0 Å². The number of hydrogen-bond donors (Lipinski definition) is 0. The summed E-state index contributed by atoms with van der Waals surface area (Å²) in [7, 11) is 0. The number of benzene rings is 5. The molecule has 2 heterocycles. The zero-order chi connectivity index (χ0) is 24.8. The lowest BCUT2D eigenvalue weighted by Crippen LogP contribution is -2.01. The second-order valence-corrected chi connectivity index (χ2v) is 9.13. The zero-order valence-electron chi connectivity index (χ0n) is 20.1. The molecular weight excluding hydrogens is 454 g/mol. The molecule has 0 spiro atoms. The maximum atomic E-state index is 6.03. The van der Waals surface area contributed by atoms with Crippen molar-refractivity contribution in [2.75, 3.05) is 0 Å². The summed E-state index contributed by atoms with van der Waals surface area (Å²) in [5, 5.41) is 4.68. The van der Waals surface area contributed by atoms with Crippen LogP contribution in [-0.4, -0.2) is 17.1 Å². The Morgan fingerprint density at radius 2 is 1.27 bits per heavy atom. The van der Waals surface area contributed by atoms with Gasteiger partial charge in [0.1, 0.15) is 17.8 Å². The number of rotatable bonds is 4. The molecule has 0 radical (unpaired) electrons. The zero-order valence-corrected chi connectivity index (χ0v) is 20.1. The number of amidine groups is 1.